The lowest BCUT2D eigenvalue weighted by Gasteiger charge is -2.14. The minimum absolute atomic E-state index is 0.0120. The lowest BCUT2D eigenvalue weighted by Crippen LogP contribution is -2.42. The first-order valence-corrected chi connectivity index (χ1v) is 11.9. The molecule has 0 fully saturated rings. The molecule has 0 saturated heterocycles. The molecule has 178 valence electrons. The maximum Gasteiger partial charge on any atom is 0.269 e. The Labute approximate surface area is 206 Å². The molecule has 2 amide bonds. The second-order valence-electron chi connectivity index (χ2n) is 7.98. The summed E-state index contributed by atoms with van der Waals surface area (Å²) in [7, 11) is 0. The van der Waals surface area contributed by atoms with Gasteiger partial charge in [-0.1, -0.05) is 59.8 Å². The van der Waals surface area contributed by atoms with E-state index in [-0.39, 0.29) is 11.3 Å². The van der Waals surface area contributed by atoms with Crippen molar-refractivity contribution in [2.75, 3.05) is 5.75 Å². The molecule has 0 spiro atoms. The fraction of sp³-hybridized carbons (Fsp3) is 0.154. The first-order chi connectivity index (χ1) is 16.9. The van der Waals surface area contributed by atoms with Gasteiger partial charge in [-0.3, -0.25) is 25.0 Å². The van der Waals surface area contributed by atoms with Crippen molar-refractivity contribution in [3.63, 3.8) is 0 Å². The Morgan fingerprint density at radius 1 is 0.943 bits per heavy atom. The predicted molar refractivity (Wildman–Crippen MR) is 133 cm³/mol. The van der Waals surface area contributed by atoms with E-state index < -0.39 is 17.6 Å². The van der Waals surface area contributed by atoms with Gasteiger partial charge in [0.2, 0.25) is 5.91 Å². The van der Waals surface area contributed by atoms with Crippen molar-refractivity contribution in [1.82, 2.24) is 25.6 Å². The molecule has 3 aromatic carbocycles. The molecule has 4 aromatic rings. The number of nitrogens with one attached hydrogen (secondary N) is 2. The number of aromatic nitrogens is 3. The van der Waals surface area contributed by atoms with E-state index in [4.69, 9.17) is 0 Å². The highest BCUT2D eigenvalue weighted by molar-refractivity contribution is 7.99. The highest BCUT2D eigenvalue weighted by Gasteiger charge is 2.18. The topological polar surface area (TPSA) is 88.9 Å². The number of thioether (sulfide) groups is 1. The zero-order chi connectivity index (χ0) is 24.8. The average molecular weight is 490 g/mol. The summed E-state index contributed by atoms with van der Waals surface area (Å²) in [5.74, 6) is -0.618. The Balaban J connectivity index is 1.48. The molecule has 35 heavy (non-hydrogen) atoms. The van der Waals surface area contributed by atoms with Crippen molar-refractivity contribution in [1.29, 1.82) is 0 Å². The second-order valence-corrected chi connectivity index (χ2v) is 8.93. The van der Waals surface area contributed by atoms with Crippen molar-refractivity contribution >= 4 is 23.6 Å². The van der Waals surface area contributed by atoms with Gasteiger partial charge < -0.3 is 0 Å². The van der Waals surface area contributed by atoms with Crippen LogP contribution < -0.4 is 10.9 Å². The molecule has 0 bridgehead atoms. The SMILES string of the molecule is Cc1ccc(-n2c(Cc3ccccc3)nnc2SCC(=O)NNC(=O)c2ccc(F)cc2)c(C)c1. The number of aryl methyl sites for hydroxylation is 2. The van der Waals surface area contributed by atoms with Gasteiger partial charge in [0.1, 0.15) is 11.6 Å². The summed E-state index contributed by atoms with van der Waals surface area (Å²) in [6.45, 7) is 4.06. The molecule has 7 nitrogen and oxygen atoms in total. The van der Waals surface area contributed by atoms with E-state index in [1.807, 2.05) is 60.9 Å². The van der Waals surface area contributed by atoms with Gasteiger partial charge in [0, 0.05) is 12.0 Å². The van der Waals surface area contributed by atoms with Crippen LogP contribution in [0, 0.1) is 19.7 Å². The first-order valence-electron chi connectivity index (χ1n) is 10.9. The minimum Gasteiger partial charge on any atom is -0.273 e. The van der Waals surface area contributed by atoms with Crippen LogP contribution in [0.4, 0.5) is 4.39 Å². The third-order valence-electron chi connectivity index (χ3n) is 5.25. The summed E-state index contributed by atoms with van der Waals surface area (Å²) in [4.78, 5) is 24.5. The van der Waals surface area contributed by atoms with E-state index in [1.54, 1.807) is 0 Å². The normalized spacial score (nSPS) is 10.7. The van der Waals surface area contributed by atoms with Gasteiger partial charge >= 0.3 is 0 Å². The van der Waals surface area contributed by atoms with Crippen LogP contribution in [-0.2, 0) is 11.2 Å². The largest absolute Gasteiger partial charge is 0.273 e. The monoisotopic (exact) mass is 489 g/mol. The number of benzene rings is 3. The quantitative estimate of drug-likeness (QED) is 0.301. The Bertz CT molecular complexity index is 1340. The highest BCUT2D eigenvalue weighted by Crippen LogP contribution is 2.26. The van der Waals surface area contributed by atoms with Gasteiger partial charge in [-0.05, 0) is 55.3 Å². The summed E-state index contributed by atoms with van der Waals surface area (Å²) in [5, 5.41) is 9.33. The number of nitrogens with zero attached hydrogens (tertiary/aromatic N) is 3. The van der Waals surface area contributed by atoms with Crippen LogP contribution in [0.25, 0.3) is 5.69 Å². The number of rotatable bonds is 7. The molecule has 0 radical (unpaired) electrons. The number of hydrazine groups is 1. The highest BCUT2D eigenvalue weighted by atomic mass is 32.2. The maximum atomic E-state index is 13.0. The van der Waals surface area contributed by atoms with E-state index in [2.05, 4.69) is 27.1 Å². The van der Waals surface area contributed by atoms with E-state index >= 15 is 0 Å². The maximum absolute atomic E-state index is 13.0. The zero-order valence-electron chi connectivity index (χ0n) is 19.3. The number of amides is 2. The number of carbonyl (C=O) groups excluding carboxylic acids is 2. The van der Waals surface area contributed by atoms with Crippen LogP contribution in [0.3, 0.4) is 0 Å². The first kappa shape index (κ1) is 24.2. The standard InChI is InChI=1S/C26H24FN5O2S/c1-17-8-13-22(18(2)14-17)32-23(15-19-6-4-3-5-7-19)28-31-26(32)35-16-24(33)29-30-25(34)20-9-11-21(27)12-10-20/h3-14H,15-16H2,1-2H3,(H,29,33)(H,30,34). The molecule has 2 N–H and O–H groups in total. The smallest absolute Gasteiger partial charge is 0.269 e. The predicted octanol–water partition coefficient (Wildman–Crippen LogP) is 4.17. The van der Waals surface area contributed by atoms with Crippen LogP contribution >= 0.6 is 11.8 Å². The van der Waals surface area contributed by atoms with Crippen molar-refractivity contribution < 1.29 is 14.0 Å². The second kappa shape index (κ2) is 11.0. The Morgan fingerprint density at radius 3 is 2.40 bits per heavy atom. The van der Waals surface area contributed by atoms with Gasteiger partial charge in [0.15, 0.2) is 5.16 Å². The number of hydrogen-bond donors (Lipinski definition) is 2. The van der Waals surface area contributed by atoms with E-state index in [1.165, 1.54) is 36.0 Å². The van der Waals surface area contributed by atoms with Crippen LogP contribution in [0.2, 0.25) is 0 Å². The summed E-state index contributed by atoms with van der Waals surface area (Å²) in [6.07, 6.45) is 0.585. The van der Waals surface area contributed by atoms with Crippen LogP contribution in [0.5, 0.6) is 0 Å². The molecule has 1 heterocycles. The number of halogens is 1. The van der Waals surface area contributed by atoms with Gasteiger partial charge in [0.25, 0.3) is 5.91 Å². The molecular formula is C26H24FN5O2S. The number of carbonyl (C=O) groups is 2. The van der Waals surface area contributed by atoms with Crippen molar-refractivity contribution in [3.8, 4) is 5.69 Å². The summed E-state index contributed by atoms with van der Waals surface area (Å²) in [5.41, 5.74) is 9.21. The minimum atomic E-state index is -0.535. The van der Waals surface area contributed by atoms with Crippen molar-refractivity contribution in [3.05, 3.63) is 107 Å². The van der Waals surface area contributed by atoms with Crippen LogP contribution in [0.15, 0.2) is 78.0 Å². The molecule has 0 aliphatic heterocycles. The summed E-state index contributed by atoms with van der Waals surface area (Å²) < 4.78 is 15.0. The third kappa shape index (κ3) is 6.13. The molecule has 0 aliphatic rings. The van der Waals surface area contributed by atoms with Gasteiger partial charge in [-0.15, -0.1) is 10.2 Å². The Kier molecular flexibility index (Phi) is 7.57. The van der Waals surface area contributed by atoms with E-state index in [0.717, 1.165) is 28.2 Å². The molecule has 1 aromatic heterocycles. The molecule has 0 atom stereocenters. The Morgan fingerprint density at radius 2 is 1.69 bits per heavy atom. The van der Waals surface area contributed by atoms with Gasteiger partial charge in [0.05, 0.1) is 11.4 Å². The lowest BCUT2D eigenvalue weighted by molar-refractivity contribution is -0.119. The molecule has 0 saturated carbocycles. The van der Waals surface area contributed by atoms with E-state index in [9.17, 15) is 14.0 Å². The molecule has 4 rings (SSSR count). The molecule has 0 aliphatic carbocycles. The molecular weight excluding hydrogens is 465 g/mol. The van der Waals surface area contributed by atoms with E-state index in [0.29, 0.717) is 11.6 Å². The fourth-order valence-corrected chi connectivity index (χ4v) is 4.31. The van der Waals surface area contributed by atoms with Gasteiger partial charge in [-0.25, -0.2) is 4.39 Å². The lowest BCUT2D eigenvalue weighted by atomic mass is 10.1. The average Bonchev–Trinajstić information content (AvgIpc) is 3.24. The summed E-state index contributed by atoms with van der Waals surface area (Å²) >= 11 is 1.22. The molecule has 0 unspecified atom stereocenters. The van der Waals surface area contributed by atoms with Gasteiger partial charge in [-0.2, -0.15) is 0 Å². The van der Waals surface area contributed by atoms with Crippen molar-refractivity contribution in [2.45, 2.75) is 25.4 Å². The summed E-state index contributed by atoms with van der Waals surface area (Å²) in [6, 6.07) is 21.2. The van der Waals surface area contributed by atoms with Crippen molar-refractivity contribution in [2.24, 2.45) is 0 Å². The zero-order valence-corrected chi connectivity index (χ0v) is 20.1. The van der Waals surface area contributed by atoms with Crippen LogP contribution in [-0.4, -0.2) is 32.3 Å². The van der Waals surface area contributed by atoms with Crippen LogP contribution in [0.1, 0.15) is 32.9 Å². The Hall–Kier alpha value is -3.98. The number of hydrogen-bond acceptors (Lipinski definition) is 5. The third-order valence-corrected chi connectivity index (χ3v) is 6.18. The fourth-order valence-electron chi connectivity index (χ4n) is 3.55. The molecule has 9 heteroatoms.